The van der Waals surface area contributed by atoms with E-state index in [1.54, 1.807) is 4.90 Å². The van der Waals surface area contributed by atoms with Crippen molar-refractivity contribution in [3.8, 4) is 5.75 Å². The van der Waals surface area contributed by atoms with Crippen molar-refractivity contribution >= 4 is 11.7 Å². The molecule has 27 heavy (non-hydrogen) atoms. The number of ketones is 1. The minimum Gasteiger partial charge on any atom is -0.484 e. The molecule has 0 unspecified atom stereocenters. The fourth-order valence-corrected chi connectivity index (χ4v) is 3.33. The molecule has 0 radical (unpaired) electrons. The maximum absolute atomic E-state index is 12.5. The van der Waals surface area contributed by atoms with Crippen LogP contribution in [0.25, 0.3) is 0 Å². The van der Waals surface area contributed by atoms with Gasteiger partial charge < -0.3 is 14.6 Å². The lowest BCUT2D eigenvalue weighted by Gasteiger charge is -2.34. The molecule has 1 amide bonds. The number of aryl methyl sites for hydroxylation is 3. The molecule has 0 spiro atoms. The van der Waals surface area contributed by atoms with Crippen LogP contribution >= 0.6 is 0 Å². The Morgan fingerprint density at radius 2 is 1.70 bits per heavy atom. The van der Waals surface area contributed by atoms with Crippen molar-refractivity contribution in [2.24, 2.45) is 0 Å². The molecule has 0 bridgehead atoms. The van der Waals surface area contributed by atoms with Gasteiger partial charge in [-0.05, 0) is 39.0 Å². The highest BCUT2D eigenvalue weighted by Gasteiger charge is 2.23. The molecule has 1 saturated heterocycles. The minimum atomic E-state index is -0.0151. The fraction of sp³-hybridized carbons (Fsp3) is 0.429. The second-order valence-corrected chi connectivity index (χ2v) is 7.17. The third-order valence-electron chi connectivity index (χ3n) is 4.93. The zero-order valence-corrected chi connectivity index (χ0v) is 16.2. The molecule has 1 aliphatic rings. The number of carbonyl (C=O) groups is 2. The van der Waals surface area contributed by atoms with Gasteiger partial charge in [-0.25, -0.2) is 0 Å². The van der Waals surface area contributed by atoms with Gasteiger partial charge in [0.25, 0.3) is 5.91 Å². The number of nitrogens with one attached hydrogen (secondary N) is 1. The van der Waals surface area contributed by atoms with Crippen molar-refractivity contribution in [1.29, 1.82) is 0 Å². The lowest BCUT2D eigenvalue weighted by Crippen LogP contribution is -2.51. The van der Waals surface area contributed by atoms with Gasteiger partial charge >= 0.3 is 0 Å². The van der Waals surface area contributed by atoms with Crippen LogP contribution < -0.4 is 4.74 Å². The minimum absolute atomic E-state index is 0.0151. The van der Waals surface area contributed by atoms with Crippen molar-refractivity contribution in [3.05, 3.63) is 52.8 Å². The van der Waals surface area contributed by atoms with Crippen molar-refractivity contribution in [3.63, 3.8) is 0 Å². The molecule has 2 aromatic rings. The zero-order chi connectivity index (χ0) is 19.4. The Morgan fingerprint density at radius 3 is 2.30 bits per heavy atom. The van der Waals surface area contributed by atoms with Crippen LogP contribution in [0.4, 0.5) is 0 Å². The highest BCUT2D eigenvalue weighted by atomic mass is 16.5. The summed E-state index contributed by atoms with van der Waals surface area (Å²) in [4.78, 5) is 31.9. The zero-order valence-electron chi connectivity index (χ0n) is 16.2. The molecule has 0 atom stereocenters. The average Bonchev–Trinajstić information content (AvgIpc) is 3.00. The quantitative estimate of drug-likeness (QED) is 0.794. The normalized spacial score (nSPS) is 15.0. The molecular formula is C21H27N3O3. The topological polar surface area (TPSA) is 65.6 Å². The summed E-state index contributed by atoms with van der Waals surface area (Å²) < 4.78 is 5.58. The van der Waals surface area contributed by atoms with E-state index in [1.165, 1.54) is 0 Å². The number of hydrogen-bond acceptors (Lipinski definition) is 4. The summed E-state index contributed by atoms with van der Waals surface area (Å²) in [7, 11) is 0. The summed E-state index contributed by atoms with van der Waals surface area (Å²) in [5.41, 5.74) is 3.83. The van der Waals surface area contributed by atoms with Gasteiger partial charge in [-0.3, -0.25) is 14.5 Å². The largest absolute Gasteiger partial charge is 0.484 e. The Balaban J connectivity index is 1.44. The van der Waals surface area contributed by atoms with Gasteiger partial charge in [-0.2, -0.15) is 0 Å². The smallest absolute Gasteiger partial charge is 0.260 e. The van der Waals surface area contributed by atoms with Crippen molar-refractivity contribution < 1.29 is 14.3 Å². The monoisotopic (exact) mass is 369 g/mol. The summed E-state index contributed by atoms with van der Waals surface area (Å²) in [6.45, 7) is 8.96. The number of aromatic nitrogens is 1. The maximum Gasteiger partial charge on any atom is 0.260 e. The molecule has 1 aliphatic heterocycles. The van der Waals surface area contributed by atoms with E-state index in [0.29, 0.717) is 38.5 Å². The number of Topliss-reactive ketones (excluding diaryl/α,β-unsaturated/α-hetero) is 1. The third kappa shape index (κ3) is 4.98. The van der Waals surface area contributed by atoms with Gasteiger partial charge in [0.1, 0.15) is 5.75 Å². The summed E-state index contributed by atoms with van der Waals surface area (Å²) in [5, 5.41) is 0. The van der Waals surface area contributed by atoms with Crippen LogP contribution in [0, 0.1) is 20.8 Å². The Labute approximate surface area is 160 Å². The number of hydrogen-bond donors (Lipinski definition) is 1. The molecule has 144 valence electrons. The number of ether oxygens (including phenoxy) is 1. The van der Waals surface area contributed by atoms with Gasteiger partial charge in [0.2, 0.25) is 0 Å². The number of nitrogens with zero attached hydrogens (tertiary/aromatic N) is 2. The predicted octanol–water partition coefficient (Wildman–Crippen LogP) is 2.35. The second-order valence-electron chi connectivity index (χ2n) is 7.17. The van der Waals surface area contributed by atoms with Crippen LogP contribution in [-0.4, -0.2) is 65.8 Å². The standard InChI is InChI=1S/C21H27N3O3/c1-15-4-6-18(7-5-15)27-14-21(26)24-10-8-23(9-11-24)13-20(25)19-12-16(2)22-17(19)3/h4-7,12,22H,8-11,13-14H2,1-3H3. The van der Waals surface area contributed by atoms with E-state index in [2.05, 4.69) is 9.88 Å². The Morgan fingerprint density at radius 1 is 1.04 bits per heavy atom. The lowest BCUT2D eigenvalue weighted by molar-refractivity contribution is -0.135. The lowest BCUT2D eigenvalue weighted by atomic mass is 10.1. The maximum atomic E-state index is 12.5. The molecule has 1 fully saturated rings. The van der Waals surface area contributed by atoms with Crippen LogP contribution in [0.2, 0.25) is 0 Å². The molecule has 1 N–H and O–H groups in total. The highest BCUT2D eigenvalue weighted by Crippen LogP contribution is 2.13. The summed E-state index contributed by atoms with van der Waals surface area (Å²) in [6, 6.07) is 9.57. The summed E-state index contributed by atoms with van der Waals surface area (Å²) >= 11 is 0. The van der Waals surface area contributed by atoms with E-state index in [4.69, 9.17) is 4.74 Å². The first-order valence-corrected chi connectivity index (χ1v) is 9.31. The van der Waals surface area contributed by atoms with Crippen LogP contribution in [-0.2, 0) is 4.79 Å². The predicted molar refractivity (Wildman–Crippen MR) is 104 cm³/mol. The summed E-state index contributed by atoms with van der Waals surface area (Å²) in [5.74, 6) is 0.813. The van der Waals surface area contributed by atoms with Crippen LogP contribution in [0.15, 0.2) is 30.3 Å². The van der Waals surface area contributed by atoms with E-state index in [0.717, 1.165) is 22.5 Å². The Hall–Kier alpha value is -2.60. The molecule has 0 saturated carbocycles. The van der Waals surface area contributed by atoms with Crippen LogP contribution in [0.3, 0.4) is 0 Å². The van der Waals surface area contributed by atoms with Gasteiger partial charge in [-0.15, -0.1) is 0 Å². The Bertz CT molecular complexity index is 803. The molecule has 2 heterocycles. The second kappa shape index (κ2) is 8.39. The first-order valence-electron chi connectivity index (χ1n) is 9.31. The van der Waals surface area contributed by atoms with Crippen LogP contribution in [0.1, 0.15) is 27.3 Å². The third-order valence-corrected chi connectivity index (χ3v) is 4.93. The molecule has 6 nitrogen and oxygen atoms in total. The van der Waals surface area contributed by atoms with Crippen molar-refractivity contribution in [2.45, 2.75) is 20.8 Å². The first-order chi connectivity index (χ1) is 12.9. The molecule has 1 aromatic carbocycles. The Kier molecular flexibility index (Phi) is 5.96. The molecule has 1 aromatic heterocycles. The number of carbonyl (C=O) groups excluding carboxylic acids is 2. The average molecular weight is 369 g/mol. The number of rotatable bonds is 6. The van der Waals surface area contributed by atoms with Crippen molar-refractivity contribution in [1.82, 2.24) is 14.8 Å². The highest BCUT2D eigenvalue weighted by molar-refractivity contribution is 5.98. The number of aromatic amines is 1. The molecule has 6 heteroatoms. The number of benzene rings is 1. The van der Waals surface area contributed by atoms with E-state index in [-0.39, 0.29) is 18.3 Å². The van der Waals surface area contributed by atoms with E-state index >= 15 is 0 Å². The number of amides is 1. The van der Waals surface area contributed by atoms with Gasteiger partial charge in [0.15, 0.2) is 12.4 Å². The van der Waals surface area contributed by atoms with Crippen molar-refractivity contribution in [2.75, 3.05) is 39.3 Å². The van der Waals surface area contributed by atoms with E-state index in [1.807, 2.05) is 51.1 Å². The number of H-pyrrole nitrogens is 1. The first kappa shape index (κ1) is 19.2. The SMILES string of the molecule is Cc1ccc(OCC(=O)N2CCN(CC(=O)c3cc(C)[nH]c3C)CC2)cc1. The molecule has 0 aliphatic carbocycles. The summed E-state index contributed by atoms with van der Waals surface area (Å²) in [6.07, 6.45) is 0. The molecular weight excluding hydrogens is 342 g/mol. The van der Waals surface area contributed by atoms with Gasteiger partial charge in [0, 0.05) is 43.1 Å². The van der Waals surface area contributed by atoms with Gasteiger partial charge in [0.05, 0.1) is 6.54 Å². The number of piperazine rings is 1. The fourth-order valence-electron chi connectivity index (χ4n) is 3.33. The van der Waals surface area contributed by atoms with Gasteiger partial charge in [-0.1, -0.05) is 17.7 Å². The van der Waals surface area contributed by atoms with E-state index < -0.39 is 0 Å². The van der Waals surface area contributed by atoms with E-state index in [9.17, 15) is 9.59 Å². The molecule has 3 rings (SSSR count). The van der Waals surface area contributed by atoms with Crippen LogP contribution in [0.5, 0.6) is 5.75 Å².